The Labute approximate surface area is 190 Å². The fourth-order valence-electron chi connectivity index (χ4n) is 2.74. The zero-order chi connectivity index (χ0) is 23.6. The molecule has 0 aromatic heterocycles. The predicted octanol–water partition coefficient (Wildman–Crippen LogP) is 2.54. The molecular formula is C24H22N4O5. The van der Waals surface area contributed by atoms with Crippen LogP contribution in [0.5, 0.6) is 5.75 Å². The minimum atomic E-state index is -0.553. The number of anilines is 1. The number of nitrogens with two attached hydrogens (primary N) is 2. The van der Waals surface area contributed by atoms with Gasteiger partial charge >= 0.3 is 11.9 Å². The lowest BCUT2D eigenvalue weighted by atomic mass is 10.1. The third kappa shape index (κ3) is 7.51. The number of benzene rings is 3. The largest absolute Gasteiger partial charge is 0.455 e. The summed E-state index contributed by atoms with van der Waals surface area (Å²) in [5.41, 5.74) is 12.7. The number of rotatable bonds is 8. The predicted molar refractivity (Wildman–Crippen MR) is 123 cm³/mol. The van der Waals surface area contributed by atoms with Crippen molar-refractivity contribution in [1.29, 1.82) is 0 Å². The van der Waals surface area contributed by atoms with Crippen molar-refractivity contribution in [2.45, 2.75) is 6.42 Å². The van der Waals surface area contributed by atoms with Crippen molar-refractivity contribution < 1.29 is 23.9 Å². The second-order valence-electron chi connectivity index (χ2n) is 6.87. The Morgan fingerprint density at radius 1 is 0.848 bits per heavy atom. The molecule has 3 rings (SSSR count). The lowest BCUT2D eigenvalue weighted by Gasteiger charge is -2.08. The van der Waals surface area contributed by atoms with Crippen LogP contribution >= 0.6 is 0 Å². The molecule has 0 atom stereocenters. The first-order valence-electron chi connectivity index (χ1n) is 9.90. The van der Waals surface area contributed by atoms with Gasteiger partial charge in [0.25, 0.3) is 5.91 Å². The highest BCUT2D eigenvalue weighted by Crippen LogP contribution is 2.17. The molecule has 9 heteroatoms. The van der Waals surface area contributed by atoms with Crippen LogP contribution < -0.4 is 21.5 Å². The lowest BCUT2D eigenvalue weighted by molar-refractivity contribution is -0.146. The summed E-state index contributed by atoms with van der Waals surface area (Å²) in [6.07, 6.45) is -0.0287. The van der Waals surface area contributed by atoms with Gasteiger partial charge in [0.15, 0.2) is 12.6 Å². The molecule has 33 heavy (non-hydrogen) atoms. The van der Waals surface area contributed by atoms with E-state index in [1.807, 2.05) is 6.07 Å². The first kappa shape index (κ1) is 23.0. The number of carbonyl (C=O) groups excluding carboxylic acids is 3. The maximum Gasteiger partial charge on any atom is 0.343 e. The smallest absolute Gasteiger partial charge is 0.343 e. The van der Waals surface area contributed by atoms with Crippen molar-refractivity contribution in [3.8, 4) is 5.75 Å². The zero-order valence-electron chi connectivity index (χ0n) is 17.6. The quantitative estimate of drug-likeness (QED) is 0.209. The highest BCUT2D eigenvalue weighted by molar-refractivity contribution is 5.93. The Bertz CT molecular complexity index is 1140. The minimum absolute atomic E-state index is 0.0287. The molecule has 5 N–H and O–H groups in total. The number of guanidine groups is 1. The molecule has 0 aliphatic heterocycles. The van der Waals surface area contributed by atoms with E-state index in [-0.39, 0.29) is 19.0 Å². The summed E-state index contributed by atoms with van der Waals surface area (Å²) in [7, 11) is 0. The van der Waals surface area contributed by atoms with Crippen LogP contribution in [0.3, 0.4) is 0 Å². The van der Waals surface area contributed by atoms with Gasteiger partial charge in [0, 0.05) is 5.69 Å². The summed E-state index contributed by atoms with van der Waals surface area (Å²) >= 11 is 0. The maximum atomic E-state index is 12.3. The summed E-state index contributed by atoms with van der Waals surface area (Å²) in [5, 5.41) is 2.63. The molecule has 0 saturated carbocycles. The molecule has 0 heterocycles. The number of esters is 2. The van der Waals surface area contributed by atoms with E-state index in [0.29, 0.717) is 28.3 Å². The Kier molecular flexibility index (Phi) is 7.74. The van der Waals surface area contributed by atoms with E-state index in [4.69, 9.17) is 20.9 Å². The molecule has 0 aliphatic carbocycles. The molecular weight excluding hydrogens is 424 g/mol. The molecule has 0 aliphatic rings. The monoisotopic (exact) mass is 446 g/mol. The Morgan fingerprint density at radius 2 is 1.52 bits per heavy atom. The van der Waals surface area contributed by atoms with Crippen LogP contribution in [0.15, 0.2) is 83.9 Å². The molecule has 0 saturated heterocycles. The van der Waals surface area contributed by atoms with Gasteiger partial charge in [0.1, 0.15) is 5.75 Å². The van der Waals surface area contributed by atoms with Gasteiger partial charge in [-0.1, -0.05) is 30.3 Å². The van der Waals surface area contributed by atoms with Gasteiger partial charge in [-0.05, 0) is 54.1 Å². The Balaban J connectivity index is 1.46. The number of para-hydroxylation sites is 1. The number of nitrogens with zero attached hydrogens (tertiary/aromatic N) is 1. The first-order chi connectivity index (χ1) is 15.9. The van der Waals surface area contributed by atoms with E-state index in [9.17, 15) is 14.4 Å². The van der Waals surface area contributed by atoms with E-state index in [1.165, 1.54) is 0 Å². The molecule has 3 aromatic carbocycles. The number of aliphatic imine (C=N–C) groups is 1. The van der Waals surface area contributed by atoms with Crippen LogP contribution in [0.25, 0.3) is 0 Å². The van der Waals surface area contributed by atoms with Crippen molar-refractivity contribution >= 4 is 35.2 Å². The summed E-state index contributed by atoms with van der Waals surface area (Å²) < 4.78 is 10.3. The van der Waals surface area contributed by atoms with Crippen LogP contribution in [0.2, 0.25) is 0 Å². The van der Waals surface area contributed by atoms with E-state index in [1.54, 1.807) is 72.8 Å². The number of carbonyl (C=O) groups is 3. The standard InChI is InChI=1S/C24H22N4O5/c25-24(26)28-19-10-8-17(9-11-19)23(31)33-20-12-6-16(7-13-20)14-22(30)32-15-21(29)27-18-4-2-1-3-5-18/h1-13H,14-15H2,(H,27,29)(H4,25,26,28). The molecule has 0 bridgehead atoms. The van der Waals surface area contributed by atoms with E-state index < -0.39 is 17.8 Å². The van der Waals surface area contributed by atoms with Crippen LogP contribution in [0.1, 0.15) is 15.9 Å². The van der Waals surface area contributed by atoms with Gasteiger partial charge in [0.05, 0.1) is 17.7 Å². The average molecular weight is 446 g/mol. The van der Waals surface area contributed by atoms with Gasteiger partial charge < -0.3 is 26.3 Å². The van der Waals surface area contributed by atoms with Crippen LogP contribution in [0, 0.1) is 0 Å². The molecule has 9 nitrogen and oxygen atoms in total. The Morgan fingerprint density at radius 3 is 2.15 bits per heavy atom. The van der Waals surface area contributed by atoms with Crippen LogP contribution in [-0.4, -0.2) is 30.4 Å². The van der Waals surface area contributed by atoms with E-state index >= 15 is 0 Å². The van der Waals surface area contributed by atoms with E-state index in [0.717, 1.165) is 0 Å². The minimum Gasteiger partial charge on any atom is -0.455 e. The topological polar surface area (TPSA) is 146 Å². The number of hydrogen-bond donors (Lipinski definition) is 3. The number of nitrogens with one attached hydrogen (secondary N) is 1. The highest BCUT2D eigenvalue weighted by atomic mass is 16.5. The second kappa shape index (κ2) is 11.1. The third-order valence-corrected chi connectivity index (χ3v) is 4.27. The van der Waals surface area contributed by atoms with Crippen molar-refractivity contribution in [2.24, 2.45) is 16.5 Å². The summed E-state index contributed by atoms with van der Waals surface area (Å²) in [5.74, 6) is -1.30. The number of hydrogen-bond acceptors (Lipinski definition) is 6. The van der Waals surface area contributed by atoms with Gasteiger partial charge in [-0.15, -0.1) is 0 Å². The summed E-state index contributed by atoms with van der Waals surface area (Å²) in [6, 6.07) is 21.5. The lowest BCUT2D eigenvalue weighted by Crippen LogP contribution is -2.21. The molecule has 1 amide bonds. The van der Waals surface area contributed by atoms with Crippen LogP contribution in [0.4, 0.5) is 11.4 Å². The average Bonchev–Trinajstić information content (AvgIpc) is 2.80. The summed E-state index contributed by atoms with van der Waals surface area (Å²) in [6.45, 7) is -0.384. The van der Waals surface area contributed by atoms with Crippen molar-refractivity contribution in [3.63, 3.8) is 0 Å². The van der Waals surface area contributed by atoms with Gasteiger partial charge in [-0.3, -0.25) is 9.59 Å². The molecule has 0 unspecified atom stereocenters. The second-order valence-corrected chi connectivity index (χ2v) is 6.87. The van der Waals surface area contributed by atoms with Gasteiger partial charge in [0.2, 0.25) is 0 Å². The van der Waals surface area contributed by atoms with Crippen molar-refractivity contribution in [2.75, 3.05) is 11.9 Å². The normalized spacial score (nSPS) is 10.1. The van der Waals surface area contributed by atoms with Gasteiger partial charge in [-0.2, -0.15) is 0 Å². The third-order valence-electron chi connectivity index (χ3n) is 4.27. The summed E-state index contributed by atoms with van der Waals surface area (Å²) in [4.78, 5) is 40.0. The fourth-order valence-corrected chi connectivity index (χ4v) is 2.74. The fraction of sp³-hybridized carbons (Fsp3) is 0.0833. The number of amides is 1. The SMILES string of the molecule is NC(N)=Nc1ccc(C(=O)Oc2ccc(CC(=O)OCC(=O)Nc3ccccc3)cc2)cc1. The van der Waals surface area contributed by atoms with Crippen molar-refractivity contribution in [1.82, 2.24) is 0 Å². The molecule has 168 valence electrons. The zero-order valence-corrected chi connectivity index (χ0v) is 17.6. The molecule has 0 radical (unpaired) electrons. The number of ether oxygens (including phenoxy) is 2. The Hall–Kier alpha value is -4.66. The van der Waals surface area contributed by atoms with Gasteiger partial charge in [-0.25, -0.2) is 9.79 Å². The van der Waals surface area contributed by atoms with E-state index in [2.05, 4.69) is 10.3 Å². The molecule has 3 aromatic rings. The van der Waals surface area contributed by atoms with Crippen molar-refractivity contribution in [3.05, 3.63) is 90.0 Å². The molecule has 0 spiro atoms. The molecule has 0 fully saturated rings. The van der Waals surface area contributed by atoms with Crippen LogP contribution in [-0.2, 0) is 20.7 Å². The first-order valence-corrected chi connectivity index (χ1v) is 9.90. The highest BCUT2D eigenvalue weighted by Gasteiger charge is 2.11. The maximum absolute atomic E-state index is 12.3.